The number of nitrogens with two attached hydrogens (primary N) is 2. The molecule has 0 spiro atoms. The molecule has 1 fully saturated rings. The van der Waals surface area contributed by atoms with Crippen LogP contribution in [-0.2, 0) is 11.3 Å². The number of benzene rings is 1. The minimum absolute atomic E-state index is 0.201. The van der Waals surface area contributed by atoms with Crippen LogP contribution >= 0.6 is 11.8 Å². The molecule has 0 aliphatic carbocycles. The number of anilines is 4. The number of aryl methyl sites for hydroxylation is 1. The monoisotopic (exact) mass is 436 g/mol. The molecule has 9 nitrogen and oxygen atoms in total. The van der Waals surface area contributed by atoms with E-state index in [-0.39, 0.29) is 5.95 Å². The van der Waals surface area contributed by atoms with Gasteiger partial charge in [-0.25, -0.2) is 9.97 Å². The molecule has 5 rings (SSSR count). The summed E-state index contributed by atoms with van der Waals surface area (Å²) >= 11 is 1.75. The first kappa shape index (κ1) is 20.0. The van der Waals surface area contributed by atoms with Gasteiger partial charge < -0.3 is 21.1 Å². The van der Waals surface area contributed by atoms with Crippen LogP contribution in [0.3, 0.4) is 0 Å². The smallest absolute Gasteiger partial charge is 0.223 e. The van der Waals surface area contributed by atoms with E-state index in [9.17, 15) is 0 Å². The standard InChI is InChI=1S/C21H24N8OS/c1-13-25-19(27-21(23)26-13)16-8-14(11-28-4-6-30-7-5-28)10-24-20(16)29-12-31-18-3-2-15(22)9-17(18)29/h2-3,8-10H,4-7,11-12,22H2,1H3,(H2,23,25,26,27). The van der Waals surface area contributed by atoms with Gasteiger partial charge in [-0.05, 0) is 36.8 Å². The fourth-order valence-corrected chi connectivity index (χ4v) is 4.86. The number of fused-ring (bicyclic) bond motifs is 1. The Labute approximate surface area is 184 Å². The number of rotatable bonds is 4. The number of thioether (sulfide) groups is 1. The second-order valence-corrected chi connectivity index (χ2v) is 8.58. The van der Waals surface area contributed by atoms with Crippen LogP contribution < -0.4 is 16.4 Å². The first-order valence-corrected chi connectivity index (χ1v) is 11.1. The molecule has 1 aromatic carbocycles. The van der Waals surface area contributed by atoms with Crippen molar-refractivity contribution < 1.29 is 4.74 Å². The molecule has 2 aliphatic heterocycles. The van der Waals surface area contributed by atoms with Crippen molar-refractivity contribution in [3.8, 4) is 11.4 Å². The fourth-order valence-electron chi connectivity index (χ4n) is 3.85. The Morgan fingerprint density at radius 1 is 1.10 bits per heavy atom. The van der Waals surface area contributed by atoms with Crippen molar-refractivity contribution in [1.29, 1.82) is 0 Å². The Morgan fingerprint density at radius 2 is 1.94 bits per heavy atom. The van der Waals surface area contributed by atoms with Crippen LogP contribution in [0.4, 0.5) is 23.1 Å². The number of ether oxygens (including phenoxy) is 1. The van der Waals surface area contributed by atoms with Gasteiger partial charge in [0.1, 0.15) is 11.6 Å². The summed E-state index contributed by atoms with van der Waals surface area (Å²) in [4.78, 5) is 23.7. The van der Waals surface area contributed by atoms with E-state index in [0.29, 0.717) is 11.6 Å². The lowest BCUT2D eigenvalue weighted by molar-refractivity contribution is 0.0341. The van der Waals surface area contributed by atoms with Crippen molar-refractivity contribution in [2.75, 3.05) is 48.5 Å². The summed E-state index contributed by atoms with van der Waals surface area (Å²) in [7, 11) is 0. The normalized spacial score (nSPS) is 16.5. The zero-order chi connectivity index (χ0) is 21.4. The van der Waals surface area contributed by atoms with E-state index in [4.69, 9.17) is 21.2 Å². The molecule has 4 heterocycles. The van der Waals surface area contributed by atoms with Gasteiger partial charge in [-0.1, -0.05) is 0 Å². The Balaban J connectivity index is 1.58. The Hall–Kier alpha value is -2.95. The number of aromatic nitrogens is 4. The summed E-state index contributed by atoms with van der Waals surface area (Å²) in [5, 5.41) is 0. The highest BCUT2D eigenvalue weighted by atomic mass is 32.2. The van der Waals surface area contributed by atoms with E-state index in [1.807, 2.05) is 31.3 Å². The third-order valence-corrected chi connectivity index (χ3v) is 6.36. The van der Waals surface area contributed by atoms with E-state index in [1.165, 1.54) is 4.90 Å². The lowest BCUT2D eigenvalue weighted by Gasteiger charge is -2.27. The molecule has 2 aliphatic rings. The second kappa shape index (κ2) is 8.29. The van der Waals surface area contributed by atoms with E-state index in [2.05, 4.69) is 30.8 Å². The van der Waals surface area contributed by atoms with Gasteiger partial charge in [0.2, 0.25) is 5.95 Å². The number of hydrogen-bond acceptors (Lipinski definition) is 10. The van der Waals surface area contributed by atoms with Gasteiger partial charge in [0.05, 0.1) is 30.3 Å². The molecule has 2 aromatic heterocycles. The number of nitrogens with zero attached hydrogens (tertiary/aromatic N) is 6. The minimum Gasteiger partial charge on any atom is -0.399 e. The molecule has 160 valence electrons. The van der Waals surface area contributed by atoms with Gasteiger partial charge in [0.25, 0.3) is 0 Å². The van der Waals surface area contributed by atoms with Gasteiger partial charge in [-0.15, -0.1) is 11.8 Å². The van der Waals surface area contributed by atoms with Gasteiger partial charge in [-0.3, -0.25) is 4.90 Å². The highest BCUT2D eigenvalue weighted by molar-refractivity contribution is 7.99. The van der Waals surface area contributed by atoms with E-state index < -0.39 is 0 Å². The summed E-state index contributed by atoms with van der Waals surface area (Å²) in [6, 6.07) is 8.06. The van der Waals surface area contributed by atoms with Gasteiger partial charge >= 0.3 is 0 Å². The van der Waals surface area contributed by atoms with Crippen molar-refractivity contribution >= 4 is 34.9 Å². The van der Waals surface area contributed by atoms with Crippen LogP contribution in [0.15, 0.2) is 35.4 Å². The predicted octanol–water partition coefficient (Wildman–Crippen LogP) is 2.44. The van der Waals surface area contributed by atoms with Crippen molar-refractivity contribution in [1.82, 2.24) is 24.8 Å². The number of nitrogen functional groups attached to an aromatic ring is 2. The molecule has 0 radical (unpaired) electrons. The zero-order valence-electron chi connectivity index (χ0n) is 17.3. The average Bonchev–Trinajstić information content (AvgIpc) is 3.16. The van der Waals surface area contributed by atoms with Crippen LogP contribution in [0.25, 0.3) is 11.4 Å². The van der Waals surface area contributed by atoms with E-state index in [1.54, 1.807) is 11.8 Å². The summed E-state index contributed by atoms with van der Waals surface area (Å²) in [6.07, 6.45) is 1.93. The summed E-state index contributed by atoms with van der Waals surface area (Å²) in [5.41, 5.74) is 15.7. The fraction of sp³-hybridized carbons (Fsp3) is 0.333. The lowest BCUT2D eigenvalue weighted by atomic mass is 10.1. The SMILES string of the molecule is Cc1nc(N)nc(-c2cc(CN3CCOCC3)cnc2N2CSc3ccc(N)cc32)n1. The molecule has 0 amide bonds. The summed E-state index contributed by atoms with van der Waals surface area (Å²) in [5.74, 6) is 2.83. The topological polar surface area (TPSA) is 119 Å². The predicted molar refractivity (Wildman–Crippen MR) is 122 cm³/mol. The van der Waals surface area contributed by atoms with E-state index >= 15 is 0 Å². The molecule has 31 heavy (non-hydrogen) atoms. The molecule has 0 bridgehead atoms. The number of pyridine rings is 1. The van der Waals surface area contributed by atoms with Crippen molar-refractivity contribution in [2.45, 2.75) is 18.4 Å². The minimum atomic E-state index is 0.201. The zero-order valence-corrected chi connectivity index (χ0v) is 18.1. The van der Waals surface area contributed by atoms with Gasteiger partial charge in [0.15, 0.2) is 5.82 Å². The molecular weight excluding hydrogens is 412 g/mol. The third kappa shape index (κ3) is 4.14. The maximum absolute atomic E-state index is 6.07. The molecule has 1 saturated heterocycles. The van der Waals surface area contributed by atoms with E-state index in [0.717, 1.165) is 67.0 Å². The number of morpholine rings is 1. The highest BCUT2D eigenvalue weighted by Crippen LogP contribution is 2.45. The first-order chi connectivity index (χ1) is 15.1. The molecule has 10 heteroatoms. The Morgan fingerprint density at radius 3 is 2.74 bits per heavy atom. The average molecular weight is 437 g/mol. The highest BCUT2D eigenvalue weighted by Gasteiger charge is 2.26. The lowest BCUT2D eigenvalue weighted by Crippen LogP contribution is -2.35. The van der Waals surface area contributed by atoms with Crippen LogP contribution in [0.5, 0.6) is 0 Å². The molecule has 0 unspecified atom stereocenters. The van der Waals surface area contributed by atoms with Crippen LogP contribution in [0.2, 0.25) is 0 Å². The van der Waals surface area contributed by atoms with Gasteiger partial charge in [-0.2, -0.15) is 9.97 Å². The van der Waals surface area contributed by atoms with Gasteiger partial charge in [0, 0.05) is 36.4 Å². The Kier molecular flexibility index (Phi) is 5.34. The Bertz CT molecular complexity index is 1100. The molecular formula is C21H24N8OS. The van der Waals surface area contributed by atoms with Crippen LogP contribution in [0, 0.1) is 6.92 Å². The largest absolute Gasteiger partial charge is 0.399 e. The van der Waals surface area contributed by atoms with Crippen LogP contribution in [0.1, 0.15) is 11.4 Å². The maximum atomic E-state index is 6.07. The maximum Gasteiger partial charge on any atom is 0.223 e. The first-order valence-electron chi connectivity index (χ1n) is 10.1. The third-order valence-electron chi connectivity index (χ3n) is 5.32. The molecule has 0 saturated carbocycles. The quantitative estimate of drug-likeness (QED) is 0.590. The molecule has 3 aromatic rings. The molecule has 0 atom stereocenters. The number of hydrogen-bond donors (Lipinski definition) is 2. The van der Waals surface area contributed by atoms with Crippen LogP contribution in [-0.4, -0.2) is 57.0 Å². The van der Waals surface area contributed by atoms with Crippen molar-refractivity contribution in [3.05, 3.63) is 41.9 Å². The summed E-state index contributed by atoms with van der Waals surface area (Å²) < 4.78 is 5.47. The summed E-state index contributed by atoms with van der Waals surface area (Å²) in [6.45, 7) is 5.93. The van der Waals surface area contributed by atoms with Crippen molar-refractivity contribution in [3.63, 3.8) is 0 Å². The molecule has 4 N–H and O–H groups in total. The van der Waals surface area contributed by atoms with Crippen molar-refractivity contribution in [2.24, 2.45) is 0 Å². The second-order valence-electron chi connectivity index (χ2n) is 7.60.